The summed E-state index contributed by atoms with van der Waals surface area (Å²) in [5.74, 6) is -0.457. The van der Waals surface area contributed by atoms with Crippen LogP contribution in [0.3, 0.4) is 0 Å². The van der Waals surface area contributed by atoms with Gasteiger partial charge in [0.15, 0.2) is 11.3 Å². The van der Waals surface area contributed by atoms with Crippen molar-refractivity contribution in [1.82, 2.24) is 30.1 Å². The number of nitrogens with two attached hydrogens (primary N) is 1. The maximum absolute atomic E-state index is 12.5. The summed E-state index contributed by atoms with van der Waals surface area (Å²) in [6.07, 6.45) is 9.84. The number of primary amides is 1. The predicted octanol–water partition coefficient (Wildman–Crippen LogP) is 1.91. The number of nitrogens with zero attached hydrogens (tertiary/aromatic N) is 6. The van der Waals surface area contributed by atoms with Crippen LogP contribution in [0.4, 0.5) is 17.3 Å². The van der Waals surface area contributed by atoms with E-state index in [-0.39, 0.29) is 11.1 Å². The SMILES string of the molecule is CNC(=O)c1nnc([C@@]2(C(N)=O)CC23CC3)cc1Nc1nc2ccc(N3CCC4(CCC4)C3)cn2n1. The van der Waals surface area contributed by atoms with Gasteiger partial charge in [0.25, 0.3) is 5.91 Å². The Kier molecular flexibility index (Phi) is 4.27. The fourth-order valence-corrected chi connectivity index (χ4v) is 6.51. The van der Waals surface area contributed by atoms with Gasteiger partial charge in [0.2, 0.25) is 11.9 Å². The van der Waals surface area contributed by atoms with Crippen LogP contribution in [-0.4, -0.2) is 56.7 Å². The molecule has 0 radical (unpaired) electrons. The van der Waals surface area contributed by atoms with Crippen LogP contribution >= 0.6 is 0 Å². The molecule has 3 aromatic rings. The number of aromatic nitrogens is 5. The van der Waals surface area contributed by atoms with Crippen LogP contribution in [0.1, 0.15) is 61.1 Å². The molecular weight excluding hydrogens is 458 g/mol. The van der Waals surface area contributed by atoms with Crippen LogP contribution in [0, 0.1) is 10.8 Å². The van der Waals surface area contributed by atoms with Gasteiger partial charge >= 0.3 is 0 Å². The highest BCUT2D eigenvalue weighted by atomic mass is 16.2. The van der Waals surface area contributed by atoms with Crippen molar-refractivity contribution in [3.63, 3.8) is 0 Å². The molecule has 11 nitrogen and oxygen atoms in total. The van der Waals surface area contributed by atoms with Gasteiger partial charge in [-0.25, -0.2) is 4.52 Å². The molecule has 3 aliphatic carbocycles. The third kappa shape index (κ3) is 2.97. The second-order valence-corrected chi connectivity index (χ2v) is 11.1. The average molecular weight is 488 g/mol. The fourth-order valence-electron chi connectivity index (χ4n) is 6.51. The number of rotatable bonds is 6. The molecule has 11 heteroatoms. The molecule has 2 spiro atoms. The zero-order chi connectivity index (χ0) is 24.7. The number of pyridine rings is 1. The van der Waals surface area contributed by atoms with Crippen LogP contribution < -0.4 is 21.3 Å². The lowest BCUT2D eigenvalue weighted by atomic mass is 9.68. The van der Waals surface area contributed by atoms with Crippen molar-refractivity contribution < 1.29 is 9.59 Å². The number of carbonyl (C=O) groups is 2. The minimum absolute atomic E-state index is 0.0926. The van der Waals surface area contributed by atoms with Gasteiger partial charge in [0.05, 0.1) is 28.7 Å². The summed E-state index contributed by atoms with van der Waals surface area (Å²) in [6.45, 7) is 2.16. The van der Waals surface area contributed by atoms with Crippen molar-refractivity contribution in [3.05, 3.63) is 35.8 Å². The molecule has 186 valence electrons. The van der Waals surface area contributed by atoms with Gasteiger partial charge in [-0.1, -0.05) is 6.42 Å². The van der Waals surface area contributed by atoms with Crippen molar-refractivity contribution in [2.24, 2.45) is 16.6 Å². The molecule has 1 aliphatic heterocycles. The third-order valence-corrected chi connectivity index (χ3v) is 9.11. The van der Waals surface area contributed by atoms with Crippen LogP contribution in [0.25, 0.3) is 5.65 Å². The molecule has 0 aromatic carbocycles. The van der Waals surface area contributed by atoms with E-state index in [2.05, 4.69) is 41.9 Å². The van der Waals surface area contributed by atoms with Gasteiger partial charge in [-0.2, -0.15) is 10.1 Å². The Bertz CT molecular complexity index is 1420. The molecule has 4 N–H and O–H groups in total. The summed E-state index contributed by atoms with van der Waals surface area (Å²) in [5.41, 5.74) is 8.23. The number of carbonyl (C=O) groups excluding carboxylic acids is 2. The number of amides is 2. The second kappa shape index (κ2) is 7.14. The Morgan fingerprint density at radius 2 is 1.94 bits per heavy atom. The highest BCUT2D eigenvalue weighted by Crippen LogP contribution is 2.78. The summed E-state index contributed by atoms with van der Waals surface area (Å²) in [4.78, 5) is 32.0. The van der Waals surface area contributed by atoms with Crippen LogP contribution in [-0.2, 0) is 10.2 Å². The van der Waals surface area contributed by atoms with E-state index in [0.29, 0.717) is 34.8 Å². The van der Waals surface area contributed by atoms with Crippen LogP contribution in [0.15, 0.2) is 24.4 Å². The molecule has 7 rings (SSSR count). The lowest BCUT2D eigenvalue weighted by molar-refractivity contribution is -0.121. The normalized spacial score (nSPS) is 24.6. The highest BCUT2D eigenvalue weighted by molar-refractivity contribution is 5.98. The third-order valence-electron chi connectivity index (χ3n) is 9.11. The zero-order valence-electron chi connectivity index (χ0n) is 20.3. The van der Waals surface area contributed by atoms with Gasteiger partial charge in [-0.05, 0) is 67.6 Å². The first-order valence-electron chi connectivity index (χ1n) is 12.7. The van der Waals surface area contributed by atoms with E-state index in [9.17, 15) is 9.59 Å². The van der Waals surface area contributed by atoms with Crippen molar-refractivity contribution in [1.29, 1.82) is 0 Å². The quantitative estimate of drug-likeness (QED) is 0.478. The minimum Gasteiger partial charge on any atom is -0.370 e. The highest BCUT2D eigenvalue weighted by Gasteiger charge is 2.78. The van der Waals surface area contributed by atoms with Crippen molar-refractivity contribution in [2.75, 3.05) is 30.4 Å². The Labute approximate surface area is 207 Å². The van der Waals surface area contributed by atoms with E-state index < -0.39 is 17.2 Å². The van der Waals surface area contributed by atoms with Gasteiger partial charge in [-0.15, -0.1) is 10.2 Å². The molecule has 36 heavy (non-hydrogen) atoms. The smallest absolute Gasteiger partial charge is 0.273 e. The topological polar surface area (TPSA) is 143 Å². The van der Waals surface area contributed by atoms with Gasteiger partial charge < -0.3 is 21.3 Å². The van der Waals surface area contributed by atoms with E-state index in [0.717, 1.165) is 31.6 Å². The summed E-state index contributed by atoms with van der Waals surface area (Å²) < 4.78 is 1.75. The monoisotopic (exact) mass is 487 g/mol. The lowest BCUT2D eigenvalue weighted by Crippen LogP contribution is -2.33. The fraction of sp³-hybridized carbons (Fsp3) is 0.520. The number of fused-ring (bicyclic) bond motifs is 1. The van der Waals surface area contributed by atoms with Gasteiger partial charge in [0.1, 0.15) is 0 Å². The van der Waals surface area contributed by atoms with E-state index in [1.165, 1.54) is 32.7 Å². The van der Waals surface area contributed by atoms with E-state index in [1.807, 2.05) is 12.3 Å². The molecule has 2 amide bonds. The molecular formula is C25H29N9O2. The van der Waals surface area contributed by atoms with Crippen molar-refractivity contribution in [3.8, 4) is 0 Å². The Hall–Kier alpha value is -3.76. The molecule has 4 heterocycles. The van der Waals surface area contributed by atoms with Gasteiger partial charge in [0, 0.05) is 20.1 Å². The Morgan fingerprint density at radius 1 is 1.11 bits per heavy atom. The van der Waals surface area contributed by atoms with Crippen LogP contribution in [0.2, 0.25) is 0 Å². The Morgan fingerprint density at radius 3 is 2.58 bits per heavy atom. The number of anilines is 3. The standard InChI is InChI=1S/C25H29N9O2/c1-27-20(35)19-16(11-17(30-31-19)25(21(26)36)13-24(25)7-8-24)28-22-29-18-4-3-15(12-34(18)32-22)33-10-9-23(14-33)5-2-6-23/h3-4,11-12H,2,5-10,13-14H2,1H3,(H2,26,36)(H,27,35)(H,28,30,32)/t25-/m1/s1. The molecule has 4 aliphatic rings. The van der Waals surface area contributed by atoms with E-state index >= 15 is 0 Å². The number of hydrogen-bond donors (Lipinski definition) is 3. The Balaban J connectivity index is 1.20. The summed E-state index contributed by atoms with van der Waals surface area (Å²) in [5, 5.41) is 18.8. The summed E-state index contributed by atoms with van der Waals surface area (Å²) in [7, 11) is 1.53. The number of nitrogens with one attached hydrogen (secondary N) is 2. The largest absolute Gasteiger partial charge is 0.370 e. The first kappa shape index (κ1) is 21.5. The summed E-state index contributed by atoms with van der Waals surface area (Å²) in [6, 6.07) is 5.75. The zero-order valence-corrected chi connectivity index (χ0v) is 20.3. The second-order valence-electron chi connectivity index (χ2n) is 11.1. The number of hydrogen-bond acceptors (Lipinski definition) is 8. The molecule has 0 bridgehead atoms. The molecule has 1 atom stereocenters. The maximum atomic E-state index is 12.5. The molecule has 1 saturated heterocycles. The summed E-state index contributed by atoms with van der Waals surface area (Å²) >= 11 is 0. The minimum atomic E-state index is -0.813. The maximum Gasteiger partial charge on any atom is 0.273 e. The first-order valence-corrected chi connectivity index (χ1v) is 12.7. The van der Waals surface area contributed by atoms with Crippen molar-refractivity contribution >= 4 is 34.8 Å². The lowest BCUT2D eigenvalue weighted by Gasteiger charge is -2.38. The van der Waals surface area contributed by atoms with E-state index in [4.69, 9.17) is 5.73 Å². The molecule has 4 fully saturated rings. The van der Waals surface area contributed by atoms with E-state index in [1.54, 1.807) is 10.6 Å². The van der Waals surface area contributed by atoms with Crippen LogP contribution in [0.5, 0.6) is 0 Å². The molecule has 3 saturated carbocycles. The average Bonchev–Trinajstić information content (AvgIpc) is 3.64. The van der Waals surface area contributed by atoms with Gasteiger partial charge in [-0.3, -0.25) is 9.59 Å². The van der Waals surface area contributed by atoms with Crippen molar-refractivity contribution in [2.45, 2.75) is 50.4 Å². The predicted molar refractivity (Wildman–Crippen MR) is 132 cm³/mol. The molecule has 0 unspecified atom stereocenters. The molecule has 3 aromatic heterocycles. The first-order chi connectivity index (χ1) is 17.4.